The minimum atomic E-state index is -0.307. The smallest absolute Gasteiger partial charge is 0.286 e. The molecule has 0 radical (unpaired) electrons. The lowest BCUT2D eigenvalue weighted by molar-refractivity contribution is -0.113. The number of anilines is 1. The van der Waals surface area contributed by atoms with E-state index < -0.39 is 0 Å². The minimum absolute atomic E-state index is 0.243. The molecule has 0 unspecified atom stereocenters. The van der Waals surface area contributed by atoms with Crippen molar-refractivity contribution in [2.45, 2.75) is 0 Å². The molecule has 138 valence electrons. The first kappa shape index (κ1) is 17.7. The Morgan fingerprint density at radius 3 is 2.04 bits per heavy atom. The first-order valence-corrected chi connectivity index (χ1v) is 9.44. The molecule has 4 rings (SSSR count). The summed E-state index contributed by atoms with van der Waals surface area (Å²) in [4.78, 5) is 21.2. The van der Waals surface area contributed by atoms with E-state index in [0.717, 1.165) is 37.4 Å². The molecular weight excluding hydrogens is 368 g/mol. The zero-order chi connectivity index (χ0) is 18.8. The minimum Gasteiger partial charge on any atom is -0.368 e. The number of nitrogens with zero attached hydrogens (tertiary/aromatic N) is 3. The summed E-state index contributed by atoms with van der Waals surface area (Å²) < 4.78 is 26.1. The number of aliphatic imine (C=N–C) groups is 1. The van der Waals surface area contributed by atoms with Crippen molar-refractivity contribution in [1.29, 1.82) is 0 Å². The second kappa shape index (κ2) is 7.52. The Labute approximate surface area is 160 Å². The number of carbonyl (C=O) groups is 1. The Balaban J connectivity index is 1.39. The number of hydrogen-bond donors (Lipinski definition) is 0. The Bertz CT molecular complexity index is 902. The van der Waals surface area contributed by atoms with Gasteiger partial charge in [0.15, 0.2) is 5.17 Å². The zero-order valence-electron chi connectivity index (χ0n) is 14.4. The SMILES string of the molecule is O=C1N=C(N2CCN(c3ccc(F)cc3)CC2)S/C1=C\c1ccc(F)cc1. The summed E-state index contributed by atoms with van der Waals surface area (Å²) in [6.45, 7) is 3.02. The third-order valence-electron chi connectivity index (χ3n) is 4.52. The molecule has 0 N–H and O–H groups in total. The molecule has 2 aliphatic heterocycles. The van der Waals surface area contributed by atoms with Gasteiger partial charge in [-0.1, -0.05) is 12.1 Å². The van der Waals surface area contributed by atoms with E-state index in [9.17, 15) is 13.6 Å². The maximum Gasteiger partial charge on any atom is 0.286 e. The van der Waals surface area contributed by atoms with Gasteiger partial charge in [0.05, 0.1) is 4.91 Å². The number of thioether (sulfide) groups is 1. The molecule has 4 nitrogen and oxygen atoms in total. The van der Waals surface area contributed by atoms with Gasteiger partial charge in [0.25, 0.3) is 5.91 Å². The third-order valence-corrected chi connectivity index (χ3v) is 5.56. The molecule has 0 aliphatic carbocycles. The highest BCUT2D eigenvalue weighted by atomic mass is 32.2. The van der Waals surface area contributed by atoms with Gasteiger partial charge in [0, 0.05) is 31.9 Å². The summed E-state index contributed by atoms with van der Waals surface area (Å²) in [5, 5.41) is 0.701. The molecule has 7 heteroatoms. The standard InChI is InChI=1S/C20H17F2N3OS/c21-15-3-1-14(2-4-15)13-18-19(26)23-20(27-18)25-11-9-24(10-12-25)17-7-5-16(22)6-8-17/h1-8,13H,9-12H2/b18-13-. The number of halogens is 2. The van der Waals surface area contributed by atoms with Gasteiger partial charge in [-0.05, 0) is 59.8 Å². The van der Waals surface area contributed by atoms with E-state index in [1.54, 1.807) is 30.3 Å². The van der Waals surface area contributed by atoms with E-state index in [1.165, 1.54) is 36.0 Å². The number of amides is 1. The molecule has 2 heterocycles. The van der Waals surface area contributed by atoms with E-state index in [1.807, 2.05) is 0 Å². The molecule has 2 aromatic rings. The Hall–Kier alpha value is -2.67. The van der Waals surface area contributed by atoms with Gasteiger partial charge in [-0.3, -0.25) is 4.79 Å². The maximum absolute atomic E-state index is 13.1. The predicted octanol–water partition coefficient (Wildman–Crippen LogP) is 3.76. The lowest BCUT2D eigenvalue weighted by atomic mass is 10.2. The third kappa shape index (κ3) is 4.03. The molecule has 1 amide bonds. The first-order valence-electron chi connectivity index (χ1n) is 8.62. The summed E-state index contributed by atoms with van der Waals surface area (Å²) in [7, 11) is 0. The summed E-state index contributed by atoms with van der Waals surface area (Å²) in [6, 6.07) is 12.5. The molecule has 0 spiro atoms. The quantitative estimate of drug-likeness (QED) is 0.738. The maximum atomic E-state index is 13.1. The Kier molecular flexibility index (Phi) is 4.94. The Morgan fingerprint density at radius 1 is 0.852 bits per heavy atom. The van der Waals surface area contributed by atoms with Crippen LogP contribution in [0.4, 0.5) is 14.5 Å². The summed E-state index contributed by atoms with van der Waals surface area (Å²) in [5.74, 6) is -0.813. The van der Waals surface area contributed by atoms with Crippen LogP contribution in [0.2, 0.25) is 0 Å². The lowest BCUT2D eigenvalue weighted by Crippen LogP contribution is -2.47. The normalized spacial score (nSPS) is 19.0. The van der Waals surface area contributed by atoms with Crippen LogP contribution in [0.15, 0.2) is 58.4 Å². The zero-order valence-corrected chi connectivity index (χ0v) is 15.3. The average Bonchev–Trinajstić information content (AvgIpc) is 3.05. The summed E-state index contributed by atoms with van der Waals surface area (Å²) in [5.41, 5.74) is 1.76. The number of hydrogen-bond acceptors (Lipinski definition) is 4. The molecule has 27 heavy (non-hydrogen) atoms. The first-order chi connectivity index (χ1) is 13.1. The van der Waals surface area contributed by atoms with E-state index in [4.69, 9.17) is 0 Å². The van der Waals surface area contributed by atoms with Crippen molar-refractivity contribution in [1.82, 2.24) is 4.90 Å². The highest BCUT2D eigenvalue weighted by molar-refractivity contribution is 8.18. The number of carbonyl (C=O) groups excluding carboxylic acids is 1. The van der Waals surface area contributed by atoms with Gasteiger partial charge in [0.2, 0.25) is 0 Å². The van der Waals surface area contributed by atoms with Crippen LogP contribution in [0.25, 0.3) is 6.08 Å². The van der Waals surface area contributed by atoms with Gasteiger partial charge in [-0.2, -0.15) is 4.99 Å². The van der Waals surface area contributed by atoms with Crippen molar-refractivity contribution in [3.8, 4) is 0 Å². The molecule has 0 aromatic heterocycles. The molecule has 1 fully saturated rings. The summed E-state index contributed by atoms with van der Waals surface area (Å²) in [6.07, 6.45) is 1.73. The monoisotopic (exact) mass is 385 g/mol. The van der Waals surface area contributed by atoms with Gasteiger partial charge in [-0.25, -0.2) is 8.78 Å². The number of piperazine rings is 1. The Morgan fingerprint density at radius 2 is 1.41 bits per heavy atom. The number of amidine groups is 1. The fourth-order valence-electron chi connectivity index (χ4n) is 3.05. The van der Waals surface area contributed by atoms with Crippen molar-refractivity contribution in [3.05, 3.63) is 70.6 Å². The van der Waals surface area contributed by atoms with E-state index >= 15 is 0 Å². The predicted molar refractivity (Wildman–Crippen MR) is 105 cm³/mol. The largest absolute Gasteiger partial charge is 0.368 e. The van der Waals surface area contributed by atoms with Crippen molar-refractivity contribution in [2.24, 2.45) is 4.99 Å². The van der Waals surface area contributed by atoms with E-state index in [2.05, 4.69) is 14.8 Å². The van der Waals surface area contributed by atoms with Crippen LogP contribution in [0.3, 0.4) is 0 Å². The van der Waals surface area contributed by atoms with Crippen LogP contribution >= 0.6 is 11.8 Å². The van der Waals surface area contributed by atoms with Gasteiger partial charge in [-0.15, -0.1) is 0 Å². The van der Waals surface area contributed by atoms with Crippen LogP contribution in [-0.2, 0) is 4.79 Å². The molecule has 0 atom stereocenters. The van der Waals surface area contributed by atoms with E-state index in [-0.39, 0.29) is 17.5 Å². The second-order valence-corrected chi connectivity index (χ2v) is 7.32. The van der Waals surface area contributed by atoms with Crippen LogP contribution in [0.5, 0.6) is 0 Å². The number of benzene rings is 2. The van der Waals surface area contributed by atoms with E-state index in [0.29, 0.717) is 10.1 Å². The highest BCUT2D eigenvalue weighted by Gasteiger charge is 2.28. The van der Waals surface area contributed by atoms with Crippen molar-refractivity contribution < 1.29 is 13.6 Å². The fraction of sp³-hybridized carbons (Fsp3) is 0.200. The van der Waals surface area contributed by atoms with Crippen LogP contribution < -0.4 is 4.90 Å². The molecule has 2 aliphatic rings. The van der Waals surface area contributed by atoms with Crippen molar-refractivity contribution in [3.63, 3.8) is 0 Å². The molecule has 0 saturated carbocycles. The van der Waals surface area contributed by atoms with Crippen molar-refractivity contribution in [2.75, 3.05) is 31.1 Å². The average molecular weight is 385 g/mol. The highest BCUT2D eigenvalue weighted by Crippen LogP contribution is 2.31. The van der Waals surface area contributed by atoms with Crippen LogP contribution in [0.1, 0.15) is 5.56 Å². The summed E-state index contributed by atoms with van der Waals surface area (Å²) >= 11 is 1.35. The lowest BCUT2D eigenvalue weighted by Gasteiger charge is -2.36. The van der Waals surface area contributed by atoms with Crippen LogP contribution in [-0.4, -0.2) is 42.2 Å². The molecule has 0 bridgehead atoms. The fourth-order valence-corrected chi connectivity index (χ4v) is 4.02. The van der Waals surface area contributed by atoms with Gasteiger partial charge in [0.1, 0.15) is 11.6 Å². The molecular formula is C20H17F2N3OS. The second-order valence-electron chi connectivity index (χ2n) is 6.31. The molecule has 2 aromatic carbocycles. The van der Waals surface area contributed by atoms with Gasteiger partial charge >= 0.3 is 0 Å². The van der Waals surface area contributed by atoms with Crippen LogP contribution in [0, 0.1) is 11.6 Å². The topological polar surface area (TPSA) is 35.9 Å². The molecule has 1 saturated heterocycles. The van der Waals surface area contributed by atoms with Crippen molar-refractivity contribution >= 4 is 34.6 Å². The van der Waals surface area contributed by atoms with Gasteiger partial charge < -0.3 is 9.80 Å². The number of rotatable bonds is 2.